The van der Waals surface area contributed by atoms with Crippen LogP contribution in [0.3, 0.4) is 0 Å². The fraction of sp³-hybridized carbons (Fsp3) is 0.240. The van der Waals surface area contributed by atoms with Crippen LogP contribution in [-0.2, 0) is 6.54 Å². The number of carbonyl (C=O) groups is 1. The first kappa shape index (κ1) is 20.9. The molecule has 8 heteroatoms. The predicted octanol–water partition coefficient (Wildman–Crippen LogP) is 4.40. The average molecular weight is 442 g/mol. The number of carbonyl (C=O) groups excluding carboxylic acids is 1. The Kier molecular flexibility index (Phi) is 5.64. The molecule has 4 aromatic rings. The number of aromatic nitrogens is 5. The lowest BCUT2D eigenvalue weighted by Gasteiger charge is -2.21. The minimum Gasteiger partial charge on any atom is -0.334 e. The fourth-order valence-corrected chi connectivity index (χ4v) is 3.91. The van der Waals surface area contributed by atoms with Crippen molar-refractivity contribution in [1.29, 1.82) is 0 Å². The van der Waals surface area contributed by atoms with Gasteiger partial charge in [-0.15, -0.1) is 0 Å². The highest BCUT2D eigenvalue weighted by Crippen LogP contribution is 2.42. The number of hydrogen-bond acceptors (Lipinski definition) is 5. The second-order valence-electron chi connectivity index (χ2n) is 8.03. The van der Waals surface area contributed by atoms with Gasteiger partial charge in [-0.25, -0.2) is 19.0 Å². The quantitative estimate of drug-likeness (QED) is 0.424. The van der Waals surface area contributed by atoms with E-state index in [1.165, 1.54) is 6.07 Å². The van der Waals surface area contributed by atoms with Gasteiger partial charge in [0.2, 0.25) is 0 Å². The first-order chi connectivity index (χ1) is 16.2. The molecule has 0 saturated heterocycles. The molecule has 33 heavy (non-hydrogen) atoms. The topological polar surface area (TPSA) is 76.8 Å². The molecular formula is C25H23FN6O. The van der Waals surface area contributed by atoms with Crippen molar-refractivity contribution in [3.63, 3.8) is 0 Å². The van der Waals surface area contributed by atoms with Gasteiger partial charge >= 0.3 is 0 Å². The lowest BCUT2D eigenvalue weighted by Crippen LogP contribution is -2.31. The second-order valence-corrected chi connectivity index (χ2v) is 8.03. The zero-order chi connectivity index (χ0) is 22.8. The molecule has 5 rings (SSSR count). The summed E-state index contributed by atoms with van der Waals surface area (Å²) < 4.78 is 15.9. The summed E-state index contributed by atoms with van der Waals surface area (Å²) in [6.07, 6.45) is 8.60. The minimum atomic E-state index is -0.351. The van der Waals surface area contributed by atoms with Crippen LogP contribution >= 0.6 is 0 Å². The van der Waals surface area contributed by atoms with Gasteiger partial charge in [0.1, 0.15) is 5.82 Å². The van der Waals surface area contributed by atoms with Crippen LogP contribution in [0.1, 0.15) is 47.3 Å². The second kappa shape index (κ2) is 8.90. The van der Waals surface area contributed by atoms with Gasteiger partial charge in [-0.2, -0.15) is 5.10 Å². The van der Waals surface area contributed by atoms with Crippen LogP contribution in [0.2, 0.25) is 0 Å². The summed E-state index contributed by atoms with van der Waals surface area (Å²) in [4.78, 5) is 28.3. The highest BCUT2D eigenvalue weighted by Gasteiger charge is 2.34. The minimum absolute atomic E-state index is 0.0762. The van der Waals surface area contributed by atoms with Crippen LogP contribution in [0, 0.1) is 5.82 Å². The van der Waals surface area contributed by atoms with Gasteiger partial charge in [0.25, 0.3) is 11.9 Å². The first-order valence-electron chi connectivity index (χ1n) is 11.0. The van der Waals surface area contributed by atoms with Gasteiger partial charge in [0.15, 0.2) is 0 Å². The molecule has 1 amide bonds. The highest BCUT2D eigenvalue weighted by molar-refractivity contribution is 5.95. The summed E-state index contributed by atoms with van der Waals surface area (Å²) in [5, 5.41) is 4.49. The van der Waals surface area contributed by atoms with Crippen molar-refractivity contribution in [2.24, 2.45) is 0 Å². The van der Waals surface area contributed by atoms with E-state index in [2.05, 4.69) is 20.1 Å². The number of rotatable bonds is 7. The number of hydrogen-bond donors (Lipinski definition) is 0. The third kappa shape index (κ3) is 4.24. The molecule has 166 valence electrons. The van der Waals surface area contributed by atoms with Crippen molar-refractivity contribution in [1.82, 2.24) is 29.6 Å². The van der Waals surface area contributed by atoms with Gasteiger partial charge in [0, 0.05) is 43.2 Å². The third-order valence-electron chi connectivity index (χ3n) is 5.77. The number of pyridine rings is 1. The molecule has 0 radical (unpaired) electrons. The lowest BCUT2D eigenvalue weighted by molar-refractivity contribution is 0.0751. The Labute approximate surface area is 191 Å². The van der Waals surface area contributed by atoms with E-state index < -0.39 is 0 Å². The third-order valence-corrected chi connectivity index (χ3v) is 5.77. The van der Waals surface area contributed by atoms with Crippen molar-refractivity contribution in [3.05, 3.63) is 89.9 Å². The van der Waals surface area contributed by atoms with E-state index in [4.69, 9.17) is 0 Å². The smallest absolute Gasteiger partial charge is 0.257 e. The Balaban J connectivity index is 1.50. The van der Waals surface area contributed by atoms with E-state index in [9.17, 15) is 9.18 Å². The zero-order valence-electron chi connectivity index (χ0n) is 18.2. The molecule has 1 aliphatic carbocycles. The molecule has 3 heterocycles. The lowest BCUT2D eigenvalue weighted by atomic mass is 10.1. The van der Waals surface area contributed by atoms with Crippen molar-refractivity contribution in [3.8, 4) is 17.2 Å². The Bertz CT molecular complexity index is 1290. The van der Waals surface area contributed by atoms with Crippen LogP contribution in [0.15, 0.2) is 67.3 Å². The zero-order valence-corrected chi connectivity index (χ0v) is 18.2. The molecule has 0 atom stereocenters. The summed E-state index contributed by atoms with van der Waals surface area (Å²) in [5.74, 6) is 0.129. The maximum absolute atomic E-state index is 14.3. The van der Waals surface area contributed by atoms with Gasteiger partial charge in [0.05, 0.1) is 23.1 Å². The van der Waals surface area contributed by atoms with Crippen LogP contribution in [0.5, 0.6) is 0 Å². The standard InChI is InChI=1S/C25H23FN6O/c1-2-31(16-17-9-12-27-13-10-17)24(33)20-15-29-32(23(20)18-7-8-18)25-28-14-11-22(30-25)19-5-3-4-6-21(19)26/h3-6,9-15,18H,2,7-8,16H2,1H3. The number of halogens is 1. The molecule has 3 aromatic heterocycles. The van der Waals surface area contributed by atoms with Crippen molar-refractivity contribution in [2.45, 2.75) is 32.2 Å². The van der Waals surface area contributed by atoms with Crippen molar-refractivity contribution < 1.29 is 9.18 Å². The summed E-state index contributed by atoms with van der Waals surface area (Å²) in [6, 6.07) is 12.0. The summed E-state index contributed by atoms with van der Waals surface area (Å²) in [5.41, 5.74) is 3.26. The van der Waals surface area contributed by atoms with Gasteiger partial charge in [-0.05, 0) is 55.7 Å². The van der Waals surface area contributed by atoms with E-state index in [1.807, 2.05) is 19.1 Å². The summed E-state index contributed by atoms with van der Waals surface area (Å²) in [6.45, 7) is 3.02. The van der Waals surface area contributed by atoms with Gasteiger partial charge < -0.3 is 4.90 Å². The fourth-order valence-electron chi connectivity index (χ4n) is 3.91. The molecule has 7 nitrogen and oxygen atoms in total. The molecule has 1 aliphatic rings. The molecule has 0 aliphatic heterocycles. The maximum Gasteiger partial charge on any atom is 0.257 e. The van der Waals surface area contributed by atoms with Crippen molar-refractivity contribution >= 4 is 5.91 Å². The molecule has 1 fully saturated rings. The van der Waals surface area contributed by atoms with E-state index in [-0.39, 0.29) is 17.6 Å². The molecule has 1 aromatic carbocycles. The van der Waals surface area contributed by atoms with Crippen LogP contribution < -0.4 is 0 Å². The highest BCUT2D eigenvalue weighted by atomic mass is 19.1. The van der Waals surface area contributed by atoms with E-state index in [1.54, 1.807) is 58.6 Å². The molecule has 0 bridgehead atoms. The number of benzene rings is 1. The Morgan fingerprint density at radius 2 is 1.91 bits per heavy atom. The van der Waals surface area contributed by atoms with Crippen LogP contribution in [0.25, 0.3) is 17.2 Å². The van der Waals surface area contributed by atoms with E-state index in [0.717, 1.165) is 24.1 Å². The predicted molar refractivity (Wildman–Crippen MR) is 121 cm³/mol. The SMILES string of the molecule is CCN(Cc1ccncc1)C(=O)c1cnn(-c2nccc(-c3ccccc3F)n2)c1C1CC1. The molecule has 1 saturated carbocycles. The molecule has 0 N–H and O–H groups in total. The molecular weight excluding hydrogens is 419 g/mol. The molecule has 0 spiro atoms. The molecule has 0 unspecified atom stereocenters. The van der Waals surface area contributed by atoms with Crippen LogP contribution in [0.4, 0.5) is 4.39 Å². The normalized spacial score (nSPS) is 13.2. The van der Waals surface area contributed by atoms with Crippen molar-refractivity contribution in [2.75, 3.05) is 6.54 Å². The number of amides is 1. The van der Waals surface area contributed by atoms with Gasteiger partial charge in [-0.3, -0.25) is 9.78 Å². The largest absolute Gasteiger partial charge is 0.334 e. The maximum atomic E-state index is 14.3. The summed E-state index contributed by atoms with van der Waals surface area (Å²) >= 11 is 0. The Hall–Kier alpha value is -3.94. The first-order valence-corrected chi connectivity index (χ1v) is 11.0. The average Bonchev–Trinajstić information content (AvgIpc) is 3.60. The van der Waals surface area contributed by atoms with E-state index in [0.29, 0.717) is 35.9 Å². The van der Waals surface area contributed by atoms with E-state index >= 15 is 0 Å². The Morgan fingerprint density at radius 3 is 2.64 bits per heavy atom. The van der Waals surface area contributed by atoms with Gasteiger partial charge in [-0.1, -0.05) is 12.1 Å². The monoisotopic (exact) mass is 442 g/mol. The Morgan fingerprint density at radius 1 is 1.12 bits per heavy atom. The number of nitrogens with zero attached hydrogens (tertiary/aromatic N) is 6. The van der Waals surface area contributed by atoms with Crippen LogP contribution in [-0.4, -0.2) is 42.1 Å². The summed E-state index contributed by atoms with van der Waals surface area (Å²) in [7, 11) is 0.